The maximum absolute atomic E-state index is 12.5. The zero-order valence-electron chi connectivity index (χ0n) is 12.9. The van der Waals surface area contributed by atoms with Crippen molar-refractivity contribution in [2.45, 2.75) is 13.3 Å². The van der Waals surface area contributed by atoms with Gasteiger partial charge in [0, 0.05) is 56.9 Å². The molecule has 0 radical (unpaired) electrons. The van der Waals surface area contributed by atoms with Crippen LogP contribution in [0.1, 0.15) is 23.8 Å². The summed E-state index contributed by atoms with van der Waals surface area (Å²) >= 11 is 1.43. The van der Waals surface area contributed by atoms with Gasteiger partial charge in [0.05, 0.1) is 12.1 Å². The maximum Gasteiger partial charge on any atom is 0.273 e. The zero-order chi connectivity index (χ0) is 15.7. The number of rotatable bonds is 3. The molecule has 2 aliphatic rings. The second-order valence-corrected chi connectivity index (χ2v) is 6.99. The van der Waals surface area contributed by atoms with E-state index >= 15 is 0 Å². The van der Waals surface area contributed by atoms with Crippen LogP contribution < -0.4 is 0 Å². The molecule has 3 heterocycles. The van der Waals surface area contributed by atoms with E-state index in [9.17, 15) is 9.59 Å². The Hall–Kier alpha value is -1.47. The molecule has 6 nitrogen and oxygen atoms in total. The van der Waals surface area contributed by atoms with Crippen LogP contribution in [0.4, 0.5) is 0 Å². The molecule has 1 aromatic rings. The number of aromatic nitrogens is 1. The van der Waals surface area contributed by atoms with Crippen molar-refractivity contribution in [2.75, 3.05) is 39.9 Å². The molecule has 0 N–H and O–H groups in total. The Morgan fingerprint density at radius 2 is 2.23 bits per heavy atom. The van der Waals surface area contributed by atoms with Crippen LogP contribution in [0.2, 0.25) is 0 Å². The molecule has 0 saturated carbocycles. The minimum Gasteiger partial charge on any atom is -0.384 e. The Bertz CT molecular complexity index is 562. The first-order chi connectivity index (χ1) is 10.6. The predicted octanol–water partition coefficient (Wildman–Crippen LogP) is 1.10. The van der Waals surface area contributed by atoms with Gasteiger partial charge in [-0.15, -0.1) is 11.3 Å². The molecule has 0 aliphatic carbocycles. The number of carbonyl (C=O) groups excluding carboxylic acids is 2. The first kappa shape index (κ1) is 15.4. The summed E-state index contributed by atoms with van der Waals surface area (Å²) in [5.74, 6) is 0.364. The number of fused-ring (bicyclic) bond motifs is 1. The van der Waals surface area contributed by atoms with E-state index in [1.807, 2.05) is 9.80 Å². The third-order valence-electron chi connectivity index (χ3n) is 4.95. The van der Waals surface area contributed by atoms with Crippen LogP contribution >= 0.6 is 11.3 Å². The standard InChI is InChI=1S/C15H21N3O3S/c1-11(19)18-6-12-5-17(14(20)13-7-22-10-16-13)4-3-15(12,8-18)9-21-2/h7,10,12H,3-6,8-9H2,1-2H3/t12-,15+/m1/s1. The molecular weight excluding hydrogens is 302 g/mol. The first-order valence-electron chi connectivity index (χ1n) is 7.48. The summed E-state index contributed by atoms with van der Waals surface area (Å²) in [7, 11) is 1.70. The van der Waals surface area contributed by atoms with Gasteiger partial charge in [0.25, 0.3) is 5.91 Å². The summed E-state index contributed by atoms with van der Waals surface area (Å²) < 4.78 is 5.43. The topological polar surface area (TPSA) is 62.7 Å². The molecule has 2 fully saturated rings. The number of hydrogen-bond acceptors (Lipinski definition) is 5. The van der Waals surface area contributed by atoms with E-state index in [0.29, 0.717) is 31.9 Å². The lowest BCUT2D eigenvalue weighted by atomic mass is 9.73. The highest BCUT2D eigenvalue weighted by molar-refractivity contribution is 7.07. The Labute approximate surface area is 134 Å². The normalized spacial score (nSPS) is 27.8. The van der Waals surface area contributed by atoms with E-state index in [1.165, 1.54) is 11.3 Å². The molecule has 2 saturated heterocycles. The van der Waals surface area contributed by atoms with Crippen molar-refractivity contribution in [3.63, 3.8) is 0 Å². The van der Waals surface area contributed by atoms with Crippen LogP contribution in [0, 0.1) is 11.3 Å². The number of likely N-dealkylation sites (tertiary alicyclic amines) is 2. The monoisotopic (exact) mass is 323 g/mol. The van der Waals surface area contributed by atoms with Gasteiger partial charge in [-0.25, -0.2) is 4.98 Å². The Balaban J connectivity index is 1.76. The largest absolute Gasteiger partial charge is 0.384 e. The van der Waals surface area contributed by atoms with Gasteiger partial charge in [0.2, 0.25) is 5.91 Å². The SMILES string of the molecule is COC[C@@]12CCN(C(=O)c3cscn3)C[C@@H]1CN(C(C)=O)C2. The van der Waals surface area contributed by atoms with Crippen molar-refractivity contribution in [3.05, 3.63) is 16.6 Å². The van der Waals surface area contributed by atoms with Gasteiger partial charge in [0.1, 0.15) is 5.69 Å². The zero-order valence-corrected chi connectivity index (χ0v) is 13.8. The van der Waals surface area contributed by atoms with E-state index in [0.717, 1.165) is 13.0 Å². The highest BCUT2D eigenvalue weighted by Gasteiger charge is 2.50. The van der Waals surface area contributed by atoms with E-state index < -0.39 is 0 Å². The number of amides is 2. The second kappa shape index (κ2) is 5.96. The summed E-state index contributed by atoms with van der Waals surface area (Å²) in [6.07, 6.45) is 0.866. The second-order valence-electron chi connectivity index (χ2n) is 6.27. The molecule has 0 aromatic carbocycles. The highest BCUT2D eigenvalue weighted by atomic mass is 32.1. The van der Waals surface area contributed by atoms with Crippen molar-refractivity contribution in [1.29, 1.82) is 0 Å². The van der Waals surface area contributed by atoms with Gasteiger partial charge >= 0.3 is 0 Å². The van der Waals surface area contributed by atoms with E-state index in [4.69, 9.17) is 4.74 Å². The molecule has 0 bridgehead atoms. The van der Waals surface area contributed by atoms with Gasteiger partial charge in [-0.2, -0.15) is 0 Å². The van der Waals surface area contributed by atoms with Crippen molar-refractivity contribution in [2.24, 2.45) is 11.3 Å². The lowest BCUT2D eigenvalue weighted by Gasteiger charge is -2.42. The van der Waals surface area contributed by atoms with Crippen molar-refractivity contribution in [1.82, 2.24) is 14.8 Å². The smallest absolute Gasteiger partial charge is 0.273 e. The van der Waals surface area contributed by atoms with Gasteiger partial charge in [-0.05, 0) is 6.42 Å². The van der Waals surface area contributed by atoms with Crippen molar-refractivity contribution < 1.29 is 14.3 Å². The average molecular weight is 323 g/mol. The summed E-state index contributed by atoms with van der Waals surface area (Å²) in [5.41, 5.74) is 2.18. The summed E-state index contributed by atoms with van der Waals surface area (Å²) in [6, 6.07) is 0. The van der Waals surface area contributed by atoms with Crippen LogP contribution in [0.25, 0.3) is 0 Å². The number of ether oxygens (including phenoxy) is 1. The quantitative estimate of drug-likeness (QED) is 0.836. The van der Waals surface area contributed by atoms with Crippen molar-refractivity contribution >= 4 is 23.2 Å². The molecular formula is C15H21N3O3S. The molecule has 2 atom stereocenters. The maximum atomic E-state index is 12.5. The van der Waals surface area contributed by atoms with Crippen LogP contribution in [0.5, 0.6) is 0 Å². The predicted molar refractivity (Wildman–Crippen MR) is 82.7 cm³/mol. The highest BCUT2D eigenvalue weighted by Crippen LogP contribution is 2.43. The van der Waals surface area contributed by atoms with Gasteiger partial charge in [-0.1, -0.05) is 0 Å². The Morgan fingerprint density at radius 3 is 2.86 bits per heavy atom. The molecule has 120 valence electrons. The average Bonchev–Trinajstić information content (AvgIpc) is 3.13. The third-order valence-corrected chi connectivity index (χ3v) is 5.54. The molecule has 2 aliphatic heterocycles. The van der Waals surface area contributed by atoms with Gasteiger partial charge in [-0.3, -0.25) is 9.59 Å². The molecule has 7 heteroatoms. The lowest BCUT2D eigenvalue weighted by molar-refractivity contribution is -0.128. The molecule has 22 heavy (non-hydrogen) atoms. The number of piperidine rings is 1. The Kier molecular flexibility index (Phi) is 4.18. The molecule has 0 unspecified atom stereocenters. The molecule has 3 rings (SSSR count). The first-order valence-corrected chi connectivity index (χ1v) is 8.42. The van der Waals surface area contributed by atoms with E-state index in [-0.39, 0.29) is 23.1 Å². The van der Waals surface area contributed by atoms with Crippen LogP contribution in [0.3, 0.4) is 0 Å². The number of carbonyl (C=O) groups is 2. The summed E-state index contributed by atoms with van der Waals surface area (Å²) in [4.78, 5) is 32.1. The number of nitrogens with zero attached hydrogens (tertiary/aromatic N) is 3. The summed E-state index contributed by atoms with van der Waals surface area (Å²) in [6.45, 7) is 5.06. The van der Waals surface area contributed by atoms with Crippen LogP contribution in [-0.4, -0.2) is 66.5 Å². The minimum atomic E-state index is -0.0146. The fourth-order valence-electron chi connectivity index (χ4n) is 3.71. The number of hydrogen-bond donors (Lipinski definition) is 0. The number of methoxy groups -OCH3 is 1. The lowest BCUT2D eigenvalue weighted by Crippen LogP contribution is -2.50. The third kappa shape index (κ3) is 2.63. The van der Waals surface area contributed by atoms with Gasteiger partial charge in [0.15, 0.2) is 0 Å². The van der Waals surface area contributed by atoms with Crippen LogP contribution in [-0.2, 0) is 9.53 Å². The number of thiazole rings is 1. The minimum absolute atomic E-state index is 0.00598. The van der Waals surface area contributed by atoms with E-state index in [2.05, 4.69) is 4.98 Å². The molecule has 2 amide bonds. The molecule has 1 aromatic heterocycles. The summed E-state index contributed by atoms with van der Waals surface area (Å²) in [5, 5.41) is 1.79. The van der Waals surface area contributed by atoms with Crippen LogP contribution in [0.15, 0.2) is 10.9 Å². The molecule has 0 spiro atoms. The van der Waals surface area contributed by atoms with Gasteiger partial charge < -0.3 is 14.5 Å². The fraction of sp³-hybridized carbons (Fsp3) is 0.667. The Morgan fingerprint density at radius 1 is 1.45 bits per heavy atom. The van der Waals surface area contributed by atoms with E-state index in [1.54, 1.807) is 24.9 Å². The van der Waals surface area contributed by atoms with Crippen molar-refractivity contribution in [3.8, 4) is 0 Å². The fourth-order valence-corrected chi connectivity index (χ4v) is 4.24.